The summed E-state index contributed by atoms with van der Waals surface area (Å²) >= 11 is 0. The van der Waals surface area contributed by atoms with Gasteiger partial charge >= 0.3 is 0 Å². The van der Waals surface area contributed by atoms with Crippen LogP contribution in [0, 0.1) is 0 Å². The zero-order chi connectivity index (χ0) is 14.4. The quantitative estimate of drug-likeness (QED) is 0.803. The number of benzene rings is 2. The second-order valence-corrected chi connectivity index (χ2v) is 4.85. The second-order valence-electron chi connectivity index (χ2n) is 4.85. The Labute approximate surface area is 119 Å². The molecule has 2 aromatic carbocycles. The molecular weight excluding hydrogens is 248 g/mol. The molecule has 3 nitrogen and oxygen atoms in total. The first-order chi connectivity index (χ1) is 9.69. The van der Waals surface area contributed by atoms with Gasteiger partial charge in [0.15, 0.2) is 0 Å². The molecule has 0 aliphatic heterocycles. The van der Waals surface area contributed by atoms with Crippen LogP contribution in [0.4, 0.5) is 11.4 Å². The predicted octanol–water partition coefficient (Wildman–Crippen LogP) is 4.06. The van der Waals surface area contributed by atoms with Gasteiger partial charge < -0.3 is 11.1 Å². The van der Waals surface area contributed by atoms with Gasteiger partial charge in [0.25, 0.3) is 0 Å². The van der Waals surface area contributed by atoms with Gasteiger partial charge in [0.1, 0.15) is 0 Å². The molecule has 0 heterocycles. The average Bonchev–Trinajstić information content (AvgIpc) is 2.47. The Morgan fingerprint density at radius 2 is 1.55 bits per heavy atom. The number of rotatable bonds is 5. The molecule has 0 saturated carbocycles. The summed E-state index contributed by atoms with van der Waals surface area (Å²) in [4.78, 5) is 11.6. The minimum atomic E-state index is 0.0760. The minimum Gasteiger partial charge on any atom is -0.399 e. The maximum absolute atomic E-state index is 11.6. The third-order valence-electron chi connectivity index (χ3n) is 3.17. The summed E-state index contributed by atoms with van der Waals surface area (Å²) in [6.45, 7) is 2.08. The highest BCUT2D eigenvalue weighted by molar-refractivity contribution is 5.90. The molecule has 0 atom stereocenters. The molecule has 3 heteroatoms. The van der Waals surface area contributed by atoms with Crippen LogP contribution >= 0.6 is 0 Å². The third kappa shape index (κ3) is 3.85. The second kappa shape index (κ2) is 6.75. The molecule has 0 aromatic heterocycles. The molecular formula is C17H20N2O. The van der Waals surface area contributed by atoms with Crippen molar-refractivity contribution in [1.29, 1.82) is 0 Å². The largest absolute Gasteiger partial charge is 0.399 e. The van der Waals surface area contributed by atoms with Gasteiger partial charge in [-0.15, -0.1) is 0 Å². The van der Waals surface area contributed by atoms with E-state index in [0.29, 0.717) is 6.42 Å². The van der Waals surface area contributed by atoms with Gasteiger partial charge in [0, 0.05) is 17.8 Å². The Balaban J connectivity index is 2.02. The number of amides is 1. The van der Waals surface area contributed by atoms with Crippen molar-refractivity contribution in [3.05, 3.63) is 48.5 Å². The summed E-state index contributed by atoms with van der Waals surface area (Å²) in [6.07, 6.45) is 2.54. The van der Waals surface area contributed by atoms with E-state index in [2.05, 4.69) is 12.2 Å². The lowest BCUT2D eigenvalue weighted by Gasteiger charge is -2.07. The molecule has 0 aliphatic rings. The smallest absolute Gasteiger partial charge is 0.224 e. The van der Waals surface area contributed by atoms with Gasteiger partial charge in [0.2, 0.25) is 5.91 Å². The summed E-state index contributed by atoms with van der Waals surface area (Å²) < 4.78 is 0. The van der Waals surface area contributed by atoms with E-state index in [1.807, 2.05) is 48.5 Å². The van der Waals surface area contributed by atoms with Gasteiger partial charge in [-0.25, -0.2) is 0 Å². The number of unbranched alkanes of at least 4 members (excludes halogenated alkanes) is 1. The summed E-state index contributed by atoms with van der Waals surface area (Å²) in [5, 5.41) is 2.91. The fraction of sp³-hybridized carbons (Fsp3) is 0.235. The van der Waals surface area contributed by atoms with E-state index in [1.165, 1.54) is 0 Å². The number of nitrogen functional groups attached to an aromatic ring is 1. The van der Waals surface area contributed by atoms with Gasteiger partial charge in [-0.3, -0.25) is 4.79 Å². The summed E-state index contributed by atoms with van der Waals surface area (Å²) in [6, 6.07) is 15.6. The van der Waals surface area contributed by atoms with Crippen molar-refractivity contribution in [3.8, 4) is 11.1 Å². The molecule has 0 saturated heterocycles. The van der Waals surface area contributed by atoms with E-state index in [-0.39, 0.29) is 5.91 Å². The molecule has 0 radical (unpaired) electrons. The van der Waals surface area contributed by atoms with Crippen LogP contribution in [0.3, 0.4) is 0 Å². The zero-order valence-corrected chi connectivity index (χ0v) is 11.7. The van der Waals surface area contributed by atoms with E-state index in [9.17, 15) is 4.79 Å². The topological polar surface area (TPSA) is 55.1 Å². The maximum Gasteiger partial charge on any atom is 0.224 e. The highest BCUT2D eigenvalue weighted by Gasteiger charge is 2.02. The van der Waals surface area contributed by atoms with Gasteiger partial charge in [-0.05, 0) is 41.8 Å². The molecule has 1 amide bonds. The monoisotopic (exact) mass is 268 g/mol. The van der Waals surface area contributed by atoms with Crippen molar-refractivity contribution < 1.29 is 4.79 Å². The number of carbonyl (C=O) groups is 1. The van der Waals surface area contributed by atoms with E-state index >= 15 is 0 Å². The molecule has 3 N–H and O–H groups in total. The van der Waals surface area contributed by atoms with Crippen LogP contribution in [-0.4, -0.2) is 5.91 Å². The minimum absolute atomic E-state index is 0.0760. The first kappa shape index (κ1) is 14.1. The van der Waals surface area contributed by atoms with Gasteiger partial charge in [0.05, 0.1) is 0 Å². The lowest BCUT2D eigenvalue weighted by atomic mass is 10.1. The van der Waals surface area contributed by atoms with Gasteiger partial charge in [-0.2, -0.15) is 0 Å². The molecule has 2 aromatic rings. The SMILES string of the molecule is CCCCC(=O)Nc1ccc(-c2ccc(N)cc2)cc1. The van der Waals surface area contributed by atoms with Crippen LogP contribution in [0.5, 0.6) is 0 Å². The van der Waals surface area contributed by atoms with Crippen molar-refractivity contribution in [2.24, 2.45) is 0 Å². The van der Waals surface area contributed by atoms with Crippen molar-refractivity contribution >= 4 is 17.3 Å². The van der Waals surface area contributed by atoms with Crippen molar-refractivity contribution in [1.82, 2.24) is 0 Å². The fourth-order valence-corrected chi connectivity index (χ4v) is 1.98. The molecule has 0 fully saturated rings. The average molecular weight is 268 g/mol. The molecule has 20 heavy (non-hydrogen) atoms. The van der Waals surface area contributed by atoms with E-state index in [0.717, 1.165) is 35.3 Å². The lowest BCUT2D eigenvalue weighted by molar-refractivity contribution is -0.116. The highest BCUT2D eigenvalue weighted by atomic mass is 16.1. The van der Waals surface area contributed by atoms with E-state index in [4.69, 9.17) is 5.73 Å². The Bertz CT molecular complexity index is 559. The van der Waals surface area contributed by atoms with Crippen molar-refractivity contribution in [2.75, 3.05) is 11.1 Å². The number of hydrogen-bond donors (Lipinski definition) is 2. The van der Waals surface area contributed by atoms with Crippen LogP contribution < -0.4 is 11.1 Å². The first-order valence-electron chi connectivity index (χ1n) is 6.95. The first-order valence-corrected chi connectivity index (χ1v) is 6.95. The highest BCUT2D eigenvalue weighted by Crippen LogP contribution is 2.22. The molecule has 104 valence electrons. The fourth-order valence-electron chi connectivity index (χ4n) is 1.98. The van der Waals surface area contributed by atoms with Crippen LogP contribution in [0.25, 0.3) is 11.1 Å². The predicted molar refractivity (Wildman–Crippen MR) is 84.4 cm³/mol. The molecule has 0 spiro atoms. The van der Waals surface area contributed by atoms with Crippen LogP contribution in [0.15, 0.2) is 48.5 Å². The Kier molecular flexibility index (Phi) is 4.77. The molecule has 0 aliphatic carbocycles. The van der Waals surface area contributed by atoms with Crippen LogP contribution in [0.2, 0.25) is 0 Å². The number of nitrogens with two attached hydrogens (primary N) is 1. The molecule has 2 rings (SSSR count). The standard InChI is InChI=1S/C17H20N2O/c1-2-3-4-17(20)19-16-11-7-14(8-12-16)13-5-9-15(18)10-6-13/h5-12H,2-4,18H2,1H3,(H,19,20). The molecule has 0 unspecified atom stereocenters. The summed E-state index contributed by atoms with van der Waals surface area (Å²) in [5.74, 6) is 0.0760. The number of anilines is 2. The Morgan fingerprint density at radius 3 is 2.10 bits per heavy atom. The molecule has 0 bridgehead atoms. The maximum atomic E-state index is 11.6. The van der Waals surface area contributed by atoms with Crippen molar-refractivity contribution in [3.63, 3.8) is 0 Å². The van der Waals surface area contributed by atoms with Crippen LogP contribution in [-0.2, 0) is 4.79 Å². The zero-order valence-electron chi connectivity index (χ0n) is 11.7. The van der Waals surface area contributed by atoms with E-state index < -0.39 is 0 Å². The van der Waals surface area contributed by atoms with Crippen molar-refractivity contribution in [2.45, 2.75) is 26.2 Å². The van der Waals surface area contributed by atoms with E-state index in [1.54, 1.807) is 0 Å². The summed E-state index contributed by atoms with van der Waals surface area (Å²) in [5.41, 5.74) is 9.49. The number of nitrogens with one attached hydrogen (secondary N) is 1. The number of hydrogen-bond acceptors (Lipinski definition) is 2. The summed E-state index contributed by atoms with van der Waals surface area (Å²) in [7, 11) is 0. The Hall–Kier alpha value is -2.29. The normalized spacial score (nSPS) is 10.2. The van der Waals surface area contributed by atoms with Crippen LogP contribution in [0.1, 0.15) is 26.2 Å². The lowest BCUT2D eigenvalue weighted by Crippen LogP contribution is -2.10. The number of carbonyl (C=O) groups excluding carboxylic acids is 1. The third-order valence-corrected chi connectivity index (χ3v) is 3.17. The Morgan fingerprint density at radius 1 is 1.00 bits per heavy atom. The van der Waals surface area contributed by atoms with Gasteiger partial charge in [-0.1, -0.05) is 37.6 Å².